The summed E-state index contributed by atoms with van der Waals surface area (Å²) in [6, 6.07) is 6.90. The lowest BCUT2D eigenvalue weighted by molar-refractivity contribution is 0.109. The molecule has 0 atom stereocenters. The van der Waals surface area contributed by atoms with E-state index in [1.165, 1.54) is 0 Å². The van der Waals surface area contributed by atoms with E-state index < -0.39 is 0 Å². The Hall–Kier alpha value is -0.960. The van der Waals surface area contributed by atoms with E-state index in [0.29, 0.717) is 12.2 Å². The summed E-state index contributed by atoms with van der Waals surface area (Å²) in [5.74, 6) is 0.774. The second-order valence-electron chi connectivity index (χ2n) is 2.26. The first-order valence-corrected chi connectivity index (χ1v) is 4.15. The van der Waals surface area contributed by atoms with Crippen LogP contribution in [0.1, 0.15) is 17.3 Å². The number of thiol groups is 1. The predicted octanol–water partition coefficient (Wildman–Crippen LogP) is 2.16. The molecule has 0 N–H and O–H groups in total. The molecule has 1 rings (SSSR count). The molecule has 64 valence electrons. The average molecular weight is 182 g/mol. The number of rotatable bonds is 3. The monoisotopic (exact) mass is 182 g/mol. The molecule has 0 aliphatic rings. The molecule has 0 aliphatic heterocycles. The smallest absolute Gasteiger partial charge is 0.216 e. The summed E-state index contributed by atoms with van der Waals surface area (Å²) in [4.78, 5) is 10.7. The van der Waals surface area contributed by atoms with Gasteiger partial charge in [-0.3, -0.25) is 4.79 Å². The van der Waals surface area contributed by atoms with Crippen LogP contribution in [0.3, 0.4) is 0 Å². The van der Waals surface area contributed by atoms with Crippen molar-refractivity contribution >= 4 is 17.7 Å². The lowest BCUT2D eigenvalue weighted by atomic mass is 10.2. The number of hydrogen-bond donors (Lipinski definition) is 1. The molecule has 0 amide bonds. The zero-order valence-electron chi connectivity index (χ0n) is 6.78. The van der Waals surface area contributed by atoms with Gasteiger partial charge in [-0.15, -0.1) is 12.6 Å². The summed E-state index contributed by atoms with van der Waals surface area (Å²) in [5, 5.41) is -0.224. The van der Waals surface area contributed by atoms with Crippen LogP contribution >= 0.6 is 12.6 Å². The van der Waals surface area contributed by atoms with Crippen LogP contribution in [0.5, 0.6) is 5.75 Å². The van der Waals surface area contributed by atoms with Gasteiger partial charge in [-0.2, -0.15) is 0 Å². The SMILES string of the molecule is CCOc1ccc(C(=O)S)cc1. The largest absolute Gasteiger partial charge is 0.494 e. The fourth-order valence-corrected chi connectivity index (χ4v) is 1.01. The molecule has 12 heavy (non-hydrogen) atoms. The number of benzene rings is 1. The molecule has 0 radical (unpaired) electrons. The molecule has 0 spiro atoms. The number of hydrogen-bond acceptors (Lipinski definition) is 2. The van der Waals surface area contributed by atoms with Crippen molar-refractivity contribution < 1.29 is 9.53 Å². The van der Waals surface area contributed by atoms with Gasteiger partial charge in [-0.25, -0.2) is 0 Å². The van der Waals surface area contributed by atoms with Gasteiger partial charge in [0.05, 0.1) is 6.61 Å². The molecule has 3 heteroatoms. The maximum atomic E-state index is 10.7. The van der Waals surface area contributed by atoms with E-state index in [1.807, 2.05) is 6.92 Å². The van der Waals surface area contributed by atoms with Crippen molar-refractivity contribution in [2.24, 2.45) is 0 Å². The van der Waals surface area contributed by atoms with Gasteiger partial charge >= 0.3 is 0 Å². The molecular formula is C9H10O2S. The van der Waals surface area contributed by atoms with Gasteiger partial charge in [-0.05, 0) is 31.2 Å². The van der Waals surface area contributed by atoms with E-state index in [9.17, 15) is 4.79 Å². The quantitative estimate of drug-likeness (QED) is 0.725. The summed E-state index contributed by atoms with van der Waals surface area (Å²) < 4.78 is 5.20. The first-order valence-electron chi connectivity index (χ1n) is 3.70. The van der Waals surface area contributed by atoms with Crippen LogP contribution in [0.15, 0.2) is 24.3 Å². The van der Waals surface area contributed by atoms with Crippen molar-refractivity contribution in [3.63, 3.8) is 0 Å². The summed E-state index contributed by atoms with van der Waals surface area (Å²) in [5.41, 5.74) is 0.585. The molecule has 0 saturated carbocycles. The number of ether oxygens (including phenoxy) is 1. The Morgan fingerprint density at radius 2 is 2.00 bits per heavy atom. The van der Waals surface area contributed by atoms with Gasteiger partial charge in [0, 0.05) is 5.56 Å². The van der Waals surface area contributed by atoms with Crippen molar-refractivity contribution in [3.8, 4) is 5.75 Å². The van der Waals surface area contributed by atoms with Gasteiger partial charge in [0.2, 0.25) is 5.12 Å². The third-order valence-electron chi connectivity index (χ3n) is 1.41. The first kappa shape index (κ1) is 9.13. The molecule has 0 aromatic heterocycles. The van der Waals surface area contributed by atoms with E-state index in [4.69, 9.17) is 4.74 Å². The highest BCUT2D eigenvalue weighted by atomic mass is 32.1. The molecular weight excluding hydrogens is 172 g/mol. The summed E-state index contributed by atoms with van der Waals surface area (Å²) in [6.45, 7) is 2.55. The Balaban J connectivity index is 2.78. The van der Waals surface area contributed by atoms with E-state index >= 15 is 0 Å². The standard InChI is InChI=1S/C9H10O2S/c1-2-11-8-5-3-7(4-6-8)9(10)12/h3-6H,2H2,1H3,(H,10,12). The highest BCUT2D eigenvalue weighted by Crippen LogP contribution is 2.12. The van der Waals surface area contributed by atoms with Gasteiger partial charge < -0.3 is 4.74 Å². The van der Waals surface area contributed by atoms with E-state index in [2.05, 4.69) is 12.6 Å². The maximum Gasteiger partial charge on any atom is 0.216 e. The normalized spacial score (nSPS) is 9.50. The van der Waals surface area contributed by atoms with Crippen molar-refractivity contribution in [1.82, 2.24) is 0 Å². The average Bonchev–Trinajstić information content (AvgIpc) is 2.06. The van der Waals surface area contributed by atoms with Crippen LogP contribution in [0.4, 0.5) is 0 Å². The molecule has 1 aromatic carbocycles. The van der Waals surface area contributed by atoms with E-state index in [-0.39, 0.29) is 5.12 Å². The molecule has 0 saturated heterocycles. The molecule has 2 nitrogen and oxygen atoms in total. The fraction of sp³-hybridized carbons (Fsp3) is 0.222. The first-order chi connectivity index (χ1) is 5.74. The van der Waals surface area contributed by atoms with Gasteiger partial charge in [0.25, 0.3) is 0 Å². The zero-order chi connectivity index (χ0) is 8.97. The third kappa shape index (κ3) is 2.27. The van der Waals surface area contributed by atoms with Crippen molar-refractivity contribution in [2.45, 2.75) is 6.92 Å². The minimum absolute atomic E-state index is 0.224. The molecule has 0 fully saturated rings. The Bertz CT molecular complexity index is 266. The highest BCUT2D eigenvalue weighted by molar-refractivity contribution is 7.97. The molecule has 0 unspecified atom stereocenters. The second-order valence-corrected chi connectivity index (χ2v) is 2.67. The summed E-state index contributed by atoms with van der Waals surface area (Å²) >= 11 is 3.69. The van der Waals surface area contributed by atoms with Crippen molar-refractivity contribution in [2.75, 3.05) is 6.61 Å². The van der Waals surface area contributed by atoms with Crippen molar-refractivity contribution in [1.29, 1.82) is 0 Å². The van der Waals surface area contributed by atoms with Crippen LogP contribution in [-0.2, 0) is 0 Å². The van der Waals surface area contributed by atoms with Gasteiger partial charge in [0.15, 0.2) is 0 Å². The second kappa shape index (κ2) is 4.16. The van der Waals surface area contributed by atoms with Gasteiger partial charge in [-0.1, -0.05) is 0 Å². The Kier molecular flexibility index (Phi) is 3.17. The Morgan fingerprint density at radius 1 is 1.42 bits per heavy atom. The minimum Gasteiger partial charge on any atom is -0.494 e. The lowest BCUT2D eigenvalue weighted by Crippen LogP contribution is -1.92. The molecule has 1 aromatic rings. The third-order valence-corrected chi connectivity index (χ3v) is 1.67. The van der Waals surface area contributed by atoms with Crippen LogP contribution in [0.25, 0.3) is 0 Å². The van der Waals surface area contributed by atoms with Gasteiger partial charge in [0.1, 0.15) is 5.75 Å². The van der Waals surface area contributed by atoms with Crippen LogP contribution in [-0.4, -0.2) is 11.7 Å². The molecule has 0 bridgehead atoms. The van der Waals surface area contributed by atoms with Crippen LogP contribution in [0, 0.1) is 0 Å². The zero-order valence-corrected chi connectivity index (χ0v) is 7.67. The highest BCUT2D eigenvalue weighted by Gasteiger charge is 1.98. The molecule has 0 aliphatic carbocycles. The summed E-state index contributed by atoms with van der Waals surface area (Å²) in [7, 11) is 0. The lowest BCUT2D eigenvalue weighted by Gasteiger charge is -2.01. The number of carbonyl (C=O) groups excluding carboxylic acids is 1. The van der Waals surface area contributed by atoms with E-state index in [0.717, 1.165) is 5.75 Å². The predicted molar refractivity (Wildman–Crippen MR) is 50.9 cm³/mol. The van der Waals surface area contributed by atoms with Crippen molar-refractivity contribution in [3.05, 3.63) is 29.8 Å². The topological polar surface area (TPSA) is 26.3 Å². The Labute approximate surface area is 77.0 Å². The minimum atomic E-state index is -0.224. The summed E-state index contributed by atoms with van der Waals surface area (Å²) in [6.07, 6.45) is 0. The van der Waals surface area contributed by atoms with E-state index in [1.54, 1.807) is 24.3 Å². The maximum absolute atomic E-state index is 10.7. The Morgan fingerprint density at radius 3 is 2.42 bits per heavy atom. The van der Waals surface area contributed by atoms with Crippen LogP contribution < -0.4 is 4.74 Å². The fourth-order valence-electron chi connectivity index (χ4n) is 0.860. The van der Waals surface area contributed by atoms with Crippen LogP contribution in [0.2, 0.25) is 0 Å². The number of carbonyl (C=O) groups is 1. The molecule has 0 heterocycles.